The van der Waals surface area contributed by atoms with Crippen LogP contribution in [0.4, 0.5) is 4.39 Å². The smallest absolute Gasteiger partial charge is 0.139 e. The van der Waals surface area contributed by atoms with Gasteiger partial charge >= 0.3 is 0 Å². The zero-order valence-electron chi connectivity index (χ0n) is 9.57. The molecule has 17 heavy (non-hydrogen) atoms. The third-order valence-corrected chi connectivity index (χ3v) is 3.60. The molecule has 88 valence electrons. The van der Waals surface area contributed by atoms with Gasteiger partial charge in [0.15, 0.2) is 0 Å². The van der Waals surface area contributed by atoms with E-state index in [1.807, 2.05) is 30.3 Å². The summed E-state index contributed by atoms with van der Waals surface area (Å²) in [6.07, 6.45) is 3.32. The first kappa shape index (κ1) is 10.7. The lowest BCUT2D eigenvalue weighted by atomic mass is 9.94. The lowest BCUT2D eigenvalue weighted by Crippen LogP contribution is -2.21. The Labute approximate surface area is 99.7 Å². The van der Waals surface area contributed by atoms with Gasteiger partial charge in [0.2, 0.25) is 0 Å². The molecule has 3 rings (SSSR count). The quantitative estimate of drug-likeness (QED) is 0.818. The summed E-state index contributed by atoms with van der Waals surface area (Å²) >= 11 is 0. The summed E-state index contributed by atoms with van der Waals surface area (Å²) in [5.41, 5.74) is 6.09. The van der Waals surface area contributed by atoms with E-state index in [-0.39, 0.29) is 6.04 Å². The van der Waals surface area contributed by atoms with Crippen molar-refractivity contribution in [1.29, 1.82) is 0 Å². The monoisotopic (exact) mass is 230 g/mol. The topological polar surface area (TPSA) is 38.9 Å². The van der Waals surface area contributed by atoms with Gasteiger partial charge in [0.05, 0.1) is 5.52 Å². The van der Waals surface area contributed by atoms with Crippen molar-refractivity contribution in [2.75, 3.05) is 0 Å². The van der Waals surface area contributed by atoms with Crippen molar-refractivity contribution in [1.82, 2.24) is 4.98 Å². The van der Waals surface area contributed by atoms with Gasteiger partial charge in [-0.15, -0.1) is 0 Å². The van der Waals surface area contributed by atoms with Crippen molar-refractivity contribution in [2.24, 2.45) is 5.73 Å². The van der Waals surface area contributed by atoms with Crippen LogP contribution in [0.1, 0.15) is 24.8 Å². The van der Waals surface area contributed by atoms with Crippen LogP contribution in [-0.2, 0) is 5.67 Å². The number of hydrogen-bond acceptors (Lipinski definition) is 2. The number of hydrogen-bond donors (Lipinski definition) is 1. The number of alkyl halides is 1. The summed E-state index contributed by atoms with van der Waals surface area (Å²) in [5.74, 6) is 0. The number of fused-ring (bicyclic) bond motifs is 1. The van der Waals surface area contributed by atoms with Crippen molar-refractivity contribution in [3.63, 3.8) is 0 Å². The predicted molar refractivity (Wildman–Crippen MR) is 66.4 cm³/mol. The van der Waals surface area contributed by atoms with Crippen molar-refractivity contribution >= 4 is 10.9 Å². The van der Waals surface area contributed by atoms with Gasteiger partial charge < -0.3 is 5.73 Å². The highest BCUT2D eigenvalue weighted by molar-refractivity contribution is 5.78. The molecule has 0 bridgehead atoms. The summed E-state index contributed by atoms with van der Waals surface area (Å²) in [7, 11) is 0. The highest BCUT2D eigenvalue weighted by atomic mass is 19.1. The third kappa shape index (κ3) is 1.80. The van der Waals surface area contributed by atoms with E-state index in [4.69, 9.17) is 5.73 Å². The Balaban J connectivity index is 2.06. The van der Waals surface area contributed by atoms with Crippen molar-refractivity contribution in [3.8, 4) is 0 Å². The number of halogens is 1. The van der Waals surface area contributed by atoms with Gasteiger partial charge in [-0.25, -0.2) is 4.39 Å². The molecular formula is C14H15FN2. The minimum Gasteiger partial charge on any atom is -0.328 e. The molecule has 0 saturated heterocycles. The first-order valence-corrected chi connectivity index (χ1v) is 5.97. The van der Waals surface area contributed by atoms with Crippen molar-refractivity contribution in [3.05, 3.63) is 42.1 Å². The summed E-state index contributed by atoms with van der Waals surface area (Å²) in [4.78, 5) is 4.32. The highest BCUT2D eigenvalue weighted by Crippen LogP contribution is 2.42. The van der Waals surface area contributed by atoms with Crippen LogP contribution in [0.3, 0.4) is 0 Å². The average molecular weight is 230 g/mol. The molecule has 1 aliphatic carbocycles. The zero-order chi connectivity index (χ0) is 11.9. The molecular weight excluding hydrogens is 215 g/mol. The fraction of sp³-hybridized carbons (Fsp3) is 0.357. The van der Waals surface area contributed by atoms with E-state index in [9.17, 15) is 4.39 Å². The highest BCUT2D eigenvalue weighted by Gasteiger charge is 2.39. The number of pyridine rings is 1. The van der Waals surface area contributed by atoms with E-state index in [2.05, 4.69) is 4.98 Å². The molecule has 2 aromatic rings. The largest absolute Gasteiger partial charge is 0.328 e. The molecule has 1 aliphatic rings. The molecule has 2 atom stereocenters. The van der Waals surface area contributed by atoms with Crippen LogP contribution in [0.2, 0.25) is 0 Å². The average Bonchev–Trinajstić information content (AvgIpc) is 2.70. The number of rotatable bonds is 1. The molecule has 0 radical (unpaired) electrons. The normalized spacial score (nSPS) is 28.7. The first-order chi connectivity index (χ1) is 8.17. The van der Waals surface area contributed by atoms with E-state index >= 15 is 0 Å². The van der Waals surface area contributed by atoms with Gasteiger partial charge in [-0.2, -0.15) is 0 Å². The van der Waals surface area contributed by atoms with Gasteiger partial charge in [-0.3, -0.25) is 4.98 Å². The number of nitrogens with two attached hydrogens (primary N) is 1. The van der Waals surface area contributed by atoms with Gasteiger partial charge in [0.25, 0.3) is 0 Å². The summed E-state index contributed by atoms with van der Waals surface area (Å²) < 4.78 is 14.7. The number of nitrogens with zero attached hydrogens (tertiary/aromatic N) is 1. The van der Waals surface area contributed by atoms with E-state index in [0.29, 0.717) is 18.4 Å². The maximum absolute atomic E-state index is 14.7. The van der Waals surface area contributed by atoms with Gasteiger partial charge in [0.1, 0.15) is 5.67 Å². The van der Waals surface area contributed by atoms with Crippen molar-refractivity contribution < 1.29 is 4.39 Å². The Morgan fingerprint density at radius 3 is 2.94 bits per heavy atom. The summed E-state index contributed by atoms with van der Waals surface area (Å²) in [6, 6.07) is 9.66. The second kappa shape index (κ2) is 3.77. The minimum atomic E-state index is -1.28. The van der Waals surface area contributed by atoms with E-state index in [1.165, 1.54) is 0 Å². The molecule has 1 aromatic heterocycles. The maximum Gasteiger partial charge on any atom is 0.139 e. The van der Waals surface area contributed by atoms with E-state index in [0.717, 1.165) is 17.3 Å². The molecule has 3 heteroatoms. The van der Waals surface area contributed by atoms with Crippen LogP contribution in [0.25, 0.3) is 10.9 Å². The van der Waals surface area contributed by atoms with Crippen LogP contribution < -0.4 is 5.73 Å². The standard InChI is InChI=1S/C14H15FN2/c15-14(6-5-12(16)8-14)11-7-10-3-1-2-4-13(10)17-9-11/h1-4,7,9,12H,5-6,8,16H2. The van der Waals surface area contributed by atoms with Crippen LogP contribution in [0, 0.1) is 0 Å². The summed E-state index contributed by atoms with van der Waals surface area (Å²) in [6.45, 7) is 0. The first-order valence-electron chi connectivity index (χ1n) is 5.97. The summed E-state index contributed by atoms with van der Waals surface area (Å²) in [5, 5.41) is 0.988. The van der Waals surface area contributed by atoms with E-state index in [1.54, 1.807) is 6.20 Å². The molecule has 0 amide bonds. The Morgan fingerprint density at radius 1 is 1.35 bits per heavy atom. The Kier molecular flexibility index (Phi) is 2.37. The molecule has 1 aromatic carbocycles. The Hall–Kier alpha value is -1.48. The predicted octanol–water partition coefficient (Wildman–Crippen LogP) is 2.91. The molecule has 2 N–H and O–H groups in total. The lowest BCUT2D eigenvalue weighted by molar-refractivity contribution is 0.172. The zero-order valence-corrected chi connectivity index (χ0v) is 9.57. The lowest BCUT2D eigenvalue weighted by Gasteiger charge is -2.19. The van der Waals surface area contributed by atoms with E-state index < -0.39 is 5.67 Å². The van der Waals surface area contributed by atoms with Crippen molar-refractivity contribution in [2.45, 2.75) is 31.0 Å². The number of para-hydroxylation sites is 1. The molecule has 1 saturated carbocycles. The molecule has 2 nitrogen and oxygen atoms in total. The van der Waals surface area contributed by atoms with Gasteiger partial charge in [-0.1, -0.05) is 18.2 Å². The SMILES string of the molecule is NC1CCC(F)(c2cnc3ccccc3c2)C1. The second-order valence-electron chi connectivity index (χ2n) is 4.88. The molecule has 0 spiro atoms. The Morgan fingerprint density at radius 2 is 2.18 bits per heavy atom. The van der Waals surface area contributed by atoms with Crippen LogP contribution >= 0.6 is 0 Å². The number of aromatic nitrogens is 1. The second-order valence-corrected chi connectivity index (χ2v) is 4.88. The minimum absolute atomic E-state index is 0.0218. The fourth-order valence-electron chi connectivity index (χ4n) is 2.61. The molecule has 1 fully saturated rings. The maximum atomic E-state index is 14.7. The Bertz CT molecular complexity index is 555. The third-order valence-electron chi connectivity index (χ3n) is 3.60. The van der Waals surface area contributed by atoms with Crippen LogP contribution in [0.5, 0.6) is 0 Å². The fourth-order valence-corrected chi connectivity index (χ4v) is 2.61. The number of benzene rings is 1. The molecule has 0 aliphatic heterocycles. The van der Waals surface area contributed by atoms with Gasteiger partial charge in [0, 0.05) is 29.6 Å². The molecule has 1 heterocycles. The van der Waals surface area contributed by atoms with Crippen LogP contribution in [0.15, 0.2) is 36.5 Å². The van der Waals surface area contributed by atoms with Crippen LogP contribution in [-0.4, -0.2) is 11.0 Å². The molecule has 2 unspecified atom stereocenters. The van der Waals surface area contributed by atoms with Gasteiger partial charge in [-0.05, 0) is 25.0 Å².